The summed E-state index contributed by atoms with van der Waals surface area (Å²) in [5, 5.41) is 0. The van der Waals surface area contributed by atoms with E-state index in [4.69, 9.17) is 0 Å². The van der Waals surface area contributed by atoms with Crippen molar-refractivity contribution in [2.75, 3.05) is 18.6 Å². The van der Waals surface area contributed by atoms with Crippen molar-refractivity contribution in [1.29, 1.82) is 0 Å². The van der Waals surface area contributed by atoms with Crippen LogP contribution in [0.1, 0.15) is 19.3 Å². The molecular formula is C10H16O4S. The predicted octanol–water partition coefficient (Wildman–Crippen LogP) is 0.931. The van der Waals surface area contributed by atoms with Crippen LogP contribution >= 0.6 is 0 Å². The number of hydrogen-bond acceptors (Lipinski definition) is 4. The molecule has 1 aliphatic rings. The van der Waals surface area contributed by atoms with E-state index in [-0.39, 0.29) is 29.8 Å². The molecule has 4 nitrogen and oxygen atoms in total. The first-order chi connectivity index (χ1) is 6.94. The SMILES string of the molecule is C=C(CC(=O)OC)C1CCCS(=O)(=O)C1. The first kappa shape index (κ1) is 12.2. The number of carbonyl (C=O) groups excluding carboxylic acids is 1. The molecule has 5 heteroatoms. The van der Waals surface area contributed by atoms with E-state index in [0.717, 1.165) is 6.42 Å². The molecule has 0 saturated carbocycles. The molecule has 1 fully saturated rings. The molecule has 1 atom stereocenters. The minimum absolute atomic E-state index is 0.0807. The van der Waals surface area contributed by atoms with Crippen LogP contribution in [-0.4, -0.2) is 33.0 Å². The Morgan fingerprint density at radius 1 is 1.53 bits per heavy atom. The Morgan fingerprint density at radius 2 is 2.20 bits per heavy atom. The minimum atomic E-state index is -2.93. The van der Waals surface area contributed by atoms with E-state index >= 15 is 0 Å². The zero-order chi connectivity index (χ0) is 11.5. The molecule has 1 aliphatic heterocycles. The lowest BCUT2D eigenvalue weighted by molar-refractivity contribution is -0.139. The molecule has 0 aromatic carbocycles. The van der Waals surface area contributed by atoms with Crippen LogP contribution in [0.25, 0.3) is 0 Å². The van der Waals surface area contributed by atoms with Crippen LogP contribution in [0.5, 0.6) is 0 Å². The number of ether oxygens (including phenoxy) is 1. The summed E-state index contributed by atoms with van der Waals surface area (Å²) in [7, 11) is -1.62. The molecule has 1 saturated heterocycles. The van der Waals surface area contributed by atoms with E-state index in [2.05, 4.69) is 11.3 Å². The highest BCUT2D eigenvalue weighted by Crippen LogP contribution is 2.26. The van der Waals surface area contributed by atoms with Crippen molar-refractivity contribution in [1.82, 2.24) is 0 Å². The molecule has 0 radical (unpaired) electrons. The summed E-state index contributed by atoms with van der Waals surface area (Å²) in [4.78, 5) is 11.0. The van der Waals surface area contributed by atoms with Crippen LogP contribution in [0.3, 0.4) is 0 Å². The molecule has 0 aromatic heterocycles. The molecule has 1 heterocycles. The number of esters is 1. The van der Waals surface area contributed by atoms with Gasteiger partial charge in [-0.1, -0.05) is 12.2 Å². The number of hydrogen-bond donors (Lipinski definition) is 0. The third-order valence-corrected chi connectivity index (χ3v) is 4.46. The highest BCUT2D eigenvalue weighted by atomic mass is 32.2. The molecule has 0 aliphatic carbocycles. The summed E-state index contributed by atoms with van der Waals surface area (Å²) in [5.74, 6) is -0.0523. The maximum atomic E-state index is 11.4. The van der Waals surface area contributed by atoms with Gasteiger partial charge in [-0.2, -0.15) is 0 Å². The third kappa shape index (κ3) is 3.66. The Hall–Kier alpha value is -0.840. The molecule has 1 rings (SSSR count). The third-order valence-electron chi connectivity index (χ3n) is 2.64. The van der Waals surface area contributed by atoms with Gasteiger partial charge in [-0.25, -0.2) is 8.42 Å². The van der Waals surface area contributed by atoms with Crippen molar-refractivity contribution in [3.05, 3.63) is 12.2 Å². The standard InChI is InChI=1S/C10H16O4S/c1-8(6-10(11)14-2)9-4-3-5-15(12,13)7-9/h9H,1,3-7H2,2H3. The molecule has 86 valence electrons. The Bertz CT molecular complexity index is 356. The fourth-order valence-corrected chi connectivity index (χ4v) is 3.54. The molecule has 0 spiro atoms. The fourth-order valence-electron chi connectivity index (χ4n) is 1.75. The lowest BCUT2D eigenvalue weighted by Crippen LogP contribution is -2.26. The highest BCUT2D eigenvalue weighted by molar-refractivity contribution is 7.91. The highest BCUT2D eigenvalue weighted by Gasteiger charge is 2.27. The average Bonchev–Trinajstić information content (AvgIpc) is 2.16. The number of methoxy groups -OCH3 is 1. The maximum Gasteiger partial charge on any atom is 0.309 e. The van der Waals surface area contributed by atoms with Gasteiger partial charge in [-0.15, -0.1) is 0 Å². The van der Waals surface area contributed by atoms with Crippen molar-refractivity contribution in [3.63, 3.8) is 0 Å². The molecule has 0 aromatic rings. The second-order valence-corrected chi connectivity index (χ2v) is 6.09. The van der Waals surface area contributed by atoms with Gasteiger partial charge < -0.3 is 4.74 Å². The summed E-state index contributed by atoms with van der Waals surface area (Å²) in [6.45, 7) is 3.77. The van der Waals surface area contributed by atoms with E-state index in [9.17, 15) is 13.2 Å². The van der Waals surface area contributed by atoms with E-state index in [1.807, 2.05) is 0 Å². The minimum Gasteiger partial charge on any atom is -0.469 e. The Kier molecular flexibility index (Phi) is 3.90. The summed E-state index contributed by atoms with van der Waals surface area (Å²) in [6, 6.07) is 0. The fraction of sp³-hybridized carbons (Fsp3) is 0.700. The van der Waals surface area contributed by atoms with Crippen molar-refractivity contribution in [2.24, 2.45) is 5.92 Å². The number of carbonyl (C=O) groups is 1. The van der Waals surface area contributed by atoms with Crippen LogP contribution in [-0.2, 0) is 19.4 Å². The van der Waals surface area contributed by atoms with E-state index in [0.29, 0.717) is 12.0 Å². The van der Waals surface area contributed by atoms with Crippen molar-refractivity contribution in [3.8, 4) is 0 Å². The average molecular weight is 232 g/mol. The quantitative estimate of drug-likeness (QED) is 0.536. The molecule has 15 heavy (non-hydrogen) atoms. The lowest BCUT2D eigenvalue weighted by atomic mass is 9.95. The van der Waals surface area contributed by atoms with Crippen LogP contribution in [0.4, 0.5) is 0 Å². The second kappa shape index (κ2) is 4.79. The molecule has 0 amide bonds. The van der Waals surface area contributed by atoms with E-state index < -0.39 is 9.84 Å². The van der Waals surface area contributed by atoms with Gasteiger partial charge in [0.05, 0.1) is 25.0 Å². The van der Waals surface area contributed by atoms with Gasteiger partial charge in [0.15, 0.2) is 9.84 Å². The second-order valence-electron chi connectivity index (χ2n) is 3.86. The zero-order valence-electron chi connectivity index (χ0n) is 8.86. The summed E-state index contributed by atoms with van der Waals surface area (Å²) in [5.41, 5.74) is 0.671. The molecule has 1 unspecified atom stereocenters. The first-order valence-corrected chi connectivity index (χ1v) is 6.71. The van der Waals surface area contributed by atoms with Crippen LogP contribution < -0.4 is 0 Å². The van der Waals surface area contributed by atoms with Gasteiger partial charge in [-0.05, 0) is 18.8 Å². The van der Waals surface area contributed by atoms with Crippen LogP contribution in [0.2, 0.25) is 0 Å². The van der Waals surface area contributed by atoms with E-state index in [1.165, 1.54) is 7.11 Å². The molecular weight excluding hydrogens is 216 g/mol. The van der Waals surface area contributed by atoms with Gasteiger partial charge in [0.2, 0.25) is 0 Å². The largest absolute Gasteiger partial charge is 0.469 e. The number of rotatable bonds is 3. The van der Waals surface area contributed by atoms with Gasteiger partial charge >= 0.3 is 5.97 Å². The van der Waals surface area contributed by atoms with Crippen molar-refractivity contribution in [2.45, 2.75) is 19.3 Å². The summed E-state index contributed by atoms with van der Waals surface area (Å²) < 4.78 is 27.2. The smallest absolute Gasteiger partial charge is 0.309 e. The van der Waals surface area contributed by atoms with Crippen LogP contribution in [0.15, 0.2) is 12.2 Å². The monoisotopic (exact) mass is 232 g/mol. The number of sulfone groups is 1. The van der Waals surface area contributed by atoms with Gasteiger partial charge in [-0.3, -0.25) is 4.79 Å². The van der Waals surface area contributed by atoms with Crippen molar-refractivity contribution >= 4 is 15.8 Å². The predicted molar refractivity (Wildman–Crippen MR) is 57.2 cm³/mol. The van der Waals surface area contributed by atoms with Crippen LogP contribution in [0, 0.1) is 5.92 Å². The summed E-state index contributed by atoms with van der Waals surface area (Å²) in [6.07, 6.45) is 1.58. The first-order valence-electron chi connectivity index (χ1n) is 4.89. The van der Waals surface area contributed by atoms with E-state index in [1.54, 1.807) is 0 Å². The molecule has 0 bridgehead atoms. The Balaban J connectivity index is 2.57. The lowest BCUT2D eigenvalue weighted by Gasteiger charge is -2.23. The Morgan fingerprint density at radius 3 is 2.73 bits per heavy atom. The topological polar surface area (TPSA) is 60.4 Å². The van der Waals surface area contributed by atoms with Gasteiger partial charge in [0.1, 0.15) is 0 Å². The normalized spacial score (nSPS) is 24.5. The molecule has 0 N–H and O–H groups in total. The van der Waals surface area contributed by atoms with Gasteiger partial charge in [0.25, 0.3) is 0 Å². The van der Waals surface area contributed by atoms with Gasteiger partial charge in [0, 0.05) is 0 Å². The van der Waals surface area contributed by atoms with Crippen molar-refractivity contribution < 1.29 is 17.9 Å². The Labute approximate surface area is 90.2 Å². The summed E-state index contributed by atoms with van der Waals surface area (Å²) >= 11 is 0. The maximum absolute atomic E-state index is 11.4. The zero-order valence-corrected chi connectivity index (χ0v) is 9.68.